The van der Waals surface area contributed by atoms with Gasteiger partial charge < -0.3 is 19.5 Å². The SMILES string of the molecule is CCNC(=NCC(c1ccc(C)s1)N1CCOCC1)N1CCN(Cc2ccon2)CC1.I. The molecule has 1 unspecified atom stereocenters. The van der Waals surface area contributed by atoms with Crippen molar-refractivity contribution >= 4 is 41.3 Å². The molecule has 2 fully saturated rings. The molecule has 178 valence electrons. The molecule has 4 heterocycles. The van der Waals surface area contributed by atoms with E-state index in [0.29, 0.717) is 6.04 Å². The molecule has 0 bridgehead atoms. The fourth-order valence-electron chi connectivity index (χ4n) is 4.17. The van der Waals surface area contributed by atoms with E-state index in [2.05, 4.69) is 51.2 Å². The lowest BCUT2D eigenvalue weighted by molar-refractivity contribution is 0.0186. The van der Waals surface area contributed by atoms with Gasteiger partial charge in [0.2, 0.25) is 0 Å². The Labute approximate surface area is 212 Å². The van der Waals surface area contributed by atoms with Gasteiger partial charge in [-0.15, -0.1) is 35.3 Å². The molecule has 0 spiro atoms. The Balaban J connectivity index is 0.00000289. The van der Waals surface area contributed by atoms with E-state index in [1.54, 1.807) is 6.26 Å². The molecule has 1 N–H and O–H groups in total. The molecule has 2 aliphatic rings. The van der Waals surface area contributed by atoms with Crippen LogP contribution in [-0.2, 0) is 11.3 Å². The van der Waals surface area contributed by atoms with Gasteiger partial charge in [-0.1, -0.05) is 5.16 Å². The minimum Gasteiger partial charge on any atom is -0.379 e. The molecule has 0 radical (unpaired) electrons. The van der Waals surface area contributed by atoms with Gasteiger partial charge in [-0.05, 0) is 26.0 Å². The fraction of sp³-hybridized carbons (Fsp3) is 0.636. The van der Waals surface area contributed by atoms with Gasteiger partial charge in [-0.2, -0.15) is 0 Å². The van der Waals surface area contributed by atoms with E-state index < -0.39 is 0 Å². The molecule has 2 aliphatic heterocycles. The van der Waals surface area contributed by atoms with Gasteiger partial charge in [0.25, 0.3) is 0 Å². The first-order chi connectivity index (χ1) is 15.2. The number of aryl methyl sites for hydroxylation is 1. The number of aliphatic imine (C=N–C) groups is 1. The molecule has 1 atom stereocenters. The maximum absolute atomic E-state index is 5.59. The van der Waals surface area contributed by atoms with Gasteiger partial charge in [0, 0.05) is 68.2 Å². The van der Waals surface area contributed by atoms with E-state index in [0.717, 1.165) is 83.8 Å². The van der Waals surface area contributed by atoms with E-state index >= 15 is 0 Å². The third-order valence-electron chi connectivity index (χ3n) is 5.87. The highest BCUT2D eigenvalue weighted by Crippen LogP contribution is 2.28. The lowest BCUT2D eigenvalue weighted by atomic mass is 10.2. The van der Waals surface area contributed by atoms with Crippen LogP contribution in [0.15, 0.2) is 34.0 Å². The summed E-state index contributed by atoms with van der Waals surface area (Å²) >= 11 is 1.89. The van der Waals surface area contributed by atoms with Crippen LogP contribution < -0.4 is 5.32 Å². The zero-order chi connectivity index (χ0) is 21.5. The largest absolute Gasteiger partial charge is 0.379 e. The number of nitrogens with zero attached hydrogens (tertiary/aromatic N) is 5. The van der Waals surface area contributed by atoms with Crippen LogP contribution in [0.5, 0.6) is 0 Å². The number of hydrogen-bond donors (Lipinski definition) is 1. The molecule has 2 aromatic rings. The van der Waals surface area contributed by atoms with Crippen LogP contribution >= 0.6 is 35.3 Å². The number of nitrogens with one attached hydrogen (secondary N) is 1. The van der Waals surface area contributed by atoms with Crippen molar-refractivity contribution in [1.29, 1.82) is 0 Å². The molecular formula is C22H35IN6O2S. The number of ether oxygens (including phenoxy) is 1. The Morgan fingerprint density at radius 3 is 2.56 bits per heavy atom. The van der Waals surface area contributed by atoms with Crippen molar-refractivity contribution in [2.45, 2.75) is 26.4 Å². The summed E-state index contributed by atoms with van der Waals surface area (Å²) in [6.07, 6.45) is 1.64. The van der Waals surface area contributed by atoms with E-state index in [-0.39, 0.29) is 24.0 Å². The summed E-state index contributed by atoms with van der Waals surface area (Å²) in [5.74, 6) is 1.02. The topological polar surface area (TPSA) is 69.4 Å². The summed E-state index contributed by atoms with van der Waals surface area (Å²) in [4.78, 5) is 15.2. The highest BCUT2D eigenvalue weighted by Gasteiger charge is 2.25. The van der Waals surface area contributed by atoms with Crippen LogP contribution in [0.2, 0.25) is 0 Å². The number of aromatic nitrogens is 1. The Kier molecular flexibility index (Phi) is 10.2. The average molecular weight is 575 g/mol. The second kappa shape index (κ2) is 12.9. The lowest BCUT2D eigenvalue weighted by Crippen LogP contribution is -2.52. The van der Waals surface area contributed by atoms with Gasteiger partial charge in [0.15, 0.2) is 5.96 Å². The molecule has 4 rings (SSSR count). The first-order valence-electron chi connectivity index (χ1n) is 11.3. The smallest absolute Gasteiger partial charge is 0.194 e. The first-order valence-corrected chi connectivity index (χ1v) is 12.1. The highest BCUT2D eigenvalue weighted by molar-refractivity contribution is 14.0. The van der Waals surface area contributed by atoms with Crippen LogP contribution in [-0.4, -0.2) is 91.4 Å². The molecule has 2 saturated heterocycles. The third-order valence-corrected chi connectivity index (χ3v) is 6.98. The minimum absolute atomic E-state index is 0. The van der Waals surface area contributed by atoms with Crippen molar-refractivity contribution < 1.29 is 9.26 Å². The van der Waals surface area contributed by atoms with Crippen LogP contribution in [0.25, 0.3) is 0 Å². The molecule has 0 aromatic carbocycles. The Bertz CT molecular complexity index is 816. The van der Waals surface area contributed by atoms with E-state index in [1.165, 1.54) is 9.75 Å². The summed E-state index contributed by atoms with van der Waals surface area (Å²) in [7, 11) is 0. The summed E-state index contributed by atoms with van der Waals surface area (Å²) in [5, 5.41) is 7.56. The average Bonchev–Trinajstić information content (AvgIpc) is 3.46. The standard InChI is InChI=1S/C22H34N6O2S.HI/c1-3-23-22(28-9-7-26(8-10-28)17-19-6-13-30-25-19)24-16-20(21-5-4-18(2)31-21)27-11-14-29-15-12-27;/h4-6,13,20H,3,7-12,14-17H2,1-2H3,(H,23,24);1H. The highest BCUT2D eigenvalue weighted by atomic mass is 127. The minimum atomic E-state index is 0. The summed E-state index contributed by atoms with van der Waals surface area (Å²) in [6.45, 7) is 14.2. The van der Waals surface area contributed by atoms with E-state index in [1.807, 2.05) is 17.4 Å². The number of thiophene rings is 1. The maximum atomic E-state index is 5.59. The number of halogens is 1. The molecule has 10 heteroatoms. The van der Waals surface area contributed by atoms with Crippen molar-refractivity contribution in [1.82, 2.24) is 25.2 Å². The predicted molar refractivity (Wildman–Crippen MR) is 139 cm³/mol. The number of guanidine groups is 1. The van der Waals surface area contributed by atoms with E-state index in [4.69, 9.17) is 14.3 Å². The Morgan fingerprint density at radius 2 is 1.94 bits per heavy atom. The van der Waals surface area contributed by atoms with Gasteiger partial charge in [-0.25, -0.2) is 0 Å². The van der Waals surface area contributed by atoms with E-state index in [9.17, 15) is 0 Å². The predicted octanol–water partition coefficient (Wildman–Crippen LogP) is 2.82. The molecule has 2 aromatic heterocycles. The van der Waals surface area contributed by atoms with Gasteiger partial charge in [0.05, 0.1) is 31.5 Å². The monoisotopic (exact) mass is 574 g/mol. The molecule has 8 nitrogen and oxygen atoms in total. The van der Waals surface area contributed by atoms with Gasteiger partial charge in [0.1, 0.15) is 6.26 Å². The van der Waals surface area contributed by atoms with Crippen molar-refractivity contribution in [3.8, 4) is 0 Å². The summed E-state index contributed by atoms with van der Waals surface area (Å²) < 4.78 is 10.6. The van der Waals surface area contributed by atoms with Gasteiger partial charge in [-0.3, -0.25) is 14.8 Å². The third kappa shape index (κ3) is 6.89. The number of morpholine rings is 1. The zero-order valence-corrected chi connectivity index (χ0v) is 22.2. The van der Waals surface area contributed by atoms with Crippen molar-refractivity contribution in [2.24, 2.45) is 4.99 Å². The van der Waals surface area contributed by atoms with Crippen LogP contribution in [0, 0.1) is 6.92 Å². The second-order valence-electron chi connectivity index (χ2n) is 8.06. The first kappa shape index (κ1) is 25.4. The lowest BCUT2D eigenvalue weighted by Gasteiger charge is -2.37. The quantitative estimate of drug-likeness (QED) is 0.310. The van der Waals surface area contributed by atoms with Crippen molar-refractivity contribution in [3.05, 3.63) is 39.9 Å². The second-order valence-corrected chi connectivity index (χ2v) is 9.38. The Hall–Kier alpha value is -1.21. The molecule has 0 saturated carbocycles. The summed E-state index contributed by atoms with van der Waals surface area (Å²) in [6, 6.07) is 6.74. The zero-order valence-electron chi connectivity index (χ0n) is 19.0. The maximum Gasteiger partial charge on any atom is 0.194 e. The Morgan fingerprint density at radius 1 is 1.16 bits per heavy atom. The number of hydrogen-bond acceptors (Lipinski definition) is 7. The molecule has 0 amide bonds. The summed E-state index contributed by atoms with van der Waals surface area (Å²) in [5.41, 5.74) is 0.994. The normalized spacial score (nSPS) is 19.6. The van der Waals surface area contributed by atoms with Gasteiger partial charge >= 0.3 is 0 Å². The van der Waals surface area contributed by atoms with Crippen molar-refractivity contribution in [2.75, 3.05) is 65.6 Å². The molecule has 0 aliphatic carbocycles. The van der Waals surface area contributed by atoms with Crippen LogP contribution in [0.4, 0.5) is 0 Å². The van der Waals surface area contributed by atoms with Crippen LogP contribution in [0.1, 0.15) is 28.4 Å². The number of piperazine rings is 1. The fourth-order valence-corrected chi connectivity index (χ4v) is 5.18. The number of rotatable bonds is 7. The molecular weight excluding hydrogens is 539 g/mol. The van der Waals surface area contributed by atoms with Crippen LogP contribution in [0.3, 0.4) is 0 Å². The molecule has 32 heavy (non-hydrogen) atoms. The van der Waals surface area contributed by atoms with Crippen molar-refractivity contribution in [3.63, 3.8) is 0 Å².